The Labute approximate surface area is 288 Å². The molecule has 0 radical (unpaired) electrons. The molecule has 1 aliphatic heterocycles. The summed E-state index contributed by atoms with van der Waals surface area (Å²) in [5, 5.41) is 14.8. The van der Waals surface area contributed by atoms with Crippen LogP contribution >= 0.6 is 0 Å². The van der Waals surface area contributed by atoms with Crippen molar-refractivity contribution in [1.82, 2.24) is 10.2 Å². The normalized spacial score (nSPS) is 18.2. The third-order valence-corrected chi connectivity index (χ3v) is 9.24. The summed E-state index contributed by atoms with van der Waals surface area (Å²) in [4.78, 5) is 14.2. The maximum absolute atomic E-state index is 11.9. The molecule has 0 aliphatic carbocycles. The summed E-state index contributed by atoms with van der Waals surface area (Å²) in [7, 11) is 2.15. The second-order valence-electron chi connectivity index (χ2n) is 12.6. The largest absolute Gasteiger partial charge is 0.445 e. The van der Waals surface area contributed by atoms with Crippen molar-refractivity contribution in [2.75, 3.05) is 20.2 Å². The van der Waals surface area contributed by atoms with Gasteiger partial charge in [-0.2, -0.15) is 0 Å². The number of nitrogens with zero attached hydrogens (tertiary/aromatic N) is 1. The van der Waals surface area contributed by atoms with Crippen LogP contribution in [0, 0.1) is 0 Å². The van der Waals surface area contributed by atoms with Crippen LogP contribution in [0.2, 0.25) is 0 Å². The summed E-state index contributed by atoms with van der Waals surface area (Å²) >= 11 is 0. The van der Waals surface area contributed by atoms with Crippen LogP contribution in [0.15, 0.2) is 128 Å². The minimum Gasteiger partial charge on any atom is -0.445 e. The van der Waals surface area contributed by atoms with Crippen molar-refractivity contribution in [3.63, 3.8) is 0 Å². The number of rotatable bonds is 12. The molecule has 49 heavy (non-hydrogen) atoms. The van der Waals surface area contributed by atoms with Gasteiger partial charge in [-0.3, -0.25) is 4.90 Å². The number of hydrogen-bond donors (Lipinski definition) is 2. The lowest BCUT2D eigenvalue weighted by atomic mass is 9.98. The third kappa shape index (κ3) is 8.63. The van der Waals surface area contributed by atoms with Crippen molar-refractivity contribution < 1.29 is 24.1 Å². The second-order valence-corrected chi connectivity index (χ2v) is 12.6. The number of fused-ring (bicyclic) bond motifs is 1. The van der Waals surface area contributed by atoms with E-state index in [0.717, 1.165) is 39.9 Å². The average Bonchev–Trinajstić information content (AvgIpc) is 3.15. The Bertz CT molecular complexity index is 1860. The molecule has 0 unspecified atom stereocenters. The molecule has 0 bridgehead atoms. The molecule has 4 atom stereocenters. The van der Waals surface area contributed by atoms with E-state index in [1.807, 2.05) is 36.4 Å². The maximum atomic E-state index is 11.9. The molecule has 0 saturated carbocycles. The van der Waals surface area contributed by atoms with E-state index in [0.29, 0.717) is 13.0 Å². The van der Waals surface area contributed by atoms with Crippen LogP contribution in [0.3, 0.4) is 0 Å². The topological polar surface area (TPSA) is 80.3 Å². The number of carbonyl (C=O) groups is 1. The summed E-state index contributed by atoms with van der Waals surface area (Å²) in [6.45, 7) is 7.08. The predicted octanol–water partition coefficient (Wildman–Crippen LogP) is 8.65. The van der Waals surface area contributed by atoms with Crippen LogP contribution in [0.4, 0.5) is 4.79 Å². The number of likely N-dealkylation sites (N-methyl/N-ethyl adjacent to an activating group) is 1. The van der Waals surface area contributed by atoms with Gasteiger partial charge in [0.1, 0.15) is 6.61 Å². The van der Waals surface area contributed by atoms with Crippen molar-refractivity contribution in [2.45, 2.75) is 51.0 Å². The van der Waals surface area contributed by atoms with Gasteiger partial charge < -0.3 is 24.6 Å². The molecular formula is C42H44N2O5. The first-order chi connectivity index (χ1) is 23.9. The van der Waals surface area contributed by atoms with Gasteiger partial charge in [-0.25, -0.2) is 4.79 Å². The lowest BCUT2D eigenvalue weighted by Crippen LogP contribution is -2.38. The number of carbonyl (C=O) groups excluding carboxylic acids is 1. The summed E-state index contributed by atoms with van der Waals surface area (Å²) in [6.07, 6.45) is 0.993. The van der Waals surface area contributed by atoms with Crippen LogP contribution < -0.4 is 5.32 Å². The monoisotopic (exact) mass is 656 g/mol. The number of nitrogens with one attached hydrogen (secondary N) is 1. The zero-order chi connectivity index (χ0) is 34.2. The fraction of sp³-hybridized carbons (Fsp3) is 0.262. The average molecular weight is 657 g/mol. The predicted molar refractivity (Wildman–Crippen MR) is 194 cm³/mol. The number of aliphatic hydroxyl groups is 1. The zero-order valence-corrected chi connectivity index (χ0v) is 28.1. The van der Waals surface area contributed by atoms with E-state index < -0.39 is 12.4 Å². The molecule has 0 aromatic heterocycles. The number of ether oxygens (including phenoxy) is 3. The van der Waals surface area contributed by atoms with Crippen LogP contribution in [0.25, 0.3) is 21.9 Å². The van der Waals surface area contributed by atoms with Crippen molar-refractivity contribution in [3.8, 4) is 11.1 Å². The molecule has 1 amide bonds. The third-order valence-electron chi connectivity index (χ3n) is 9.24. The quantitative estimate of drug-likeness (QED) is 0.131. The Balaban J connectivity index is 1.18. The number of amides is 1. The van der Waals surface area contributed by atoms with E-state index in [1.165, 1.54) is 22.4 Å². The van der Waals surface area contributed by atoms with E-state index in [1.54, 1.807) is 0 Å². The molecule has 5 aromatic rings. The first-order valence-electron chi connectivity index (χ1n) is 16.8. The van der Waals surface area contributed by atoms with Crippen LogP contribution in [-0.2, 0) is 27.4 Å². The fourth-order valence-electron chi connectivity index (χ4n) is 6.29. The van der Waals surface area contributed by atoms with E-state index in [9.17, 15) is 9.90 Å². The highest BCUT2D eigenvalue weighted by molar-refractivity contribution is 5.83. The zero-order valence-electron chi connectivity index (χ0n) is 28.1. The summed E-state index contributed by atoms with van der Waals surface area (Å²) < 4.78 is 18.3. The van der Waals surface area contributed by atoms with Gasteiger partial charge in [-0.05, 0) is 70.3 Å². The number of alkyl carbamates (subject to hydrolysis) is 1. The van der Waals surface area contributed by atoms with Gasteiger partial charge in [-0.15, -0.1) is 0 Å². The Morgan fingerprint density at radius 1 is 0.898 bits per heavy atom. The molecule has 1 heterocycles. The summed E-state index contributed by atoms with van der Waals surface area (Å²) in [5.41, 5.74) is 7.21. The van der Waals surface area contributed by atoms with Gasteiger partial charge in [0.05, 0.1) is 18.8 Å². The van der Waals surface area contributed by atoms with Gasteiger partial charge in [0, 0.05) is 31.1 Å². The standard InChI is InChI=1S/C42H44N2O5/c1-4-22-47-42(46)43-26-31-8-7-11-37(23-31)33-16-19-35(20-17-33)41-48-39(25-40(49-41)34-14-12-30(28-45)13-15-34)27-44(3)29(2)36-21-18-32-9-5-6-10-38(32)24-36/h4-21,23-24,29,39-41,45H,1,22,25-28H2,2-3H3,(H,43,46)/t29-,39-,40+,41+/m1/s1. The van der Waals surface area contributed by atoms with Gasteiger partial charge in [-0.1, -0.05) is 116 Å². The van der Waals surface area contributed by atoms with E-state index in [2.05, 4.69) is 110 Å². The Morgan fingerprint density at radius 3 is 2.41 bits per heavy atom. The lowest BCUT2D eigenvalue weighted by molar-refractivity contribution is -0.253. The maximum Gasteiger partial charge on any atom is 0.407 e. The van der Waals surface area contributed by atoms with Crippen molar-refractivity contribution in [1.29, 1.82) is 0 Å². The molecule has 1 fully saturated rings. The molecule has 7 nitrogen and oxygen atoms in total. The number of aliphatic hydroxyl groups excluding tert-OH is 1. The Morgan fingerprint density at radius 2 is 1.65 bits per heavy atom. The fourth-order valence-corrected chi connectivity index (χ4v) is 6.29. The molecule has 1 aliphatic rings. The van der Waals surface area contributed by atoms with Gasteiger partial charge in [0.25, 0.3) is 0 Å². The molecule has 6 rings (SSSR count). The van der Waals surface area contributed by atoms with Crippen molar-refractivity contribution >= 4 is 16.9 Å². The molecule has 7 heteroatoms. The molecule has 2 N–H and O–H groups in total. The molecular weight excluding hydrogens is 612 g/mol. The minimum atomic E-state index is -0.545. The minimum absolute atomic E-state index is 0.00562. The van der Waals surface area contributed by atoms with Crippen LogP contribution in [-0.4, -0.2) is 42.4 Å². The SMILES string of the molecule is C=CCOC(=O)NCc1cccc(-c2ccc([C@H]3O[C@@H](CN(C)[C@H](C)c4ccc5ccccc5c4)C[C@@H](c4ccc(CO)cc4)O3)cc2)c1. The molecule has 1 saturated heterocycles. The molecule has 0 spiro atoms. The van der Waals surface area contributed by atoms with Crippen LogP contribution in [0.5, 0.6) is 0 Å². The highest BCUT2D eigenvalue weighted by atomic mass is 16.7. The van der Waals surface area contributed by atoms with Gasteiger partial charge in [0.15, 0.2) is 6.29 Å². The summed E-state index contributed by atoms with van der Waals surface area (Å²) in [6, 6.07) is 39.7. The smallest absolute Gasteiger partial charge is 0.407 e. The van der Waals surface area contributed by atoms with E-state index in [4.69, 9.17) is 14.2 Å². The second kappa shape index (κ2) is 16.1. The van der Waals surface area contributed by atoms with E-state index >= 15 is 0 Å². The van der Waals surface area contributed by atoms with Gasteiger partial charge in [0.2, 0.25) is 0 Å². The molecule has 5 aromatic carbocycles. The highest BCUT2D eigenvalue weighted by Crippen LogP contribution is 2.39. The Hall–Kier alpha value is -4.79. The van der Waals surface area contributed by atoms with Crippen LogP contribution in [0.1, 0.15) is 59.6 Å². The highest BCUT2D eigenvalue weighted by Gasteiger charge is 2.33. The Kier molecular flexibility index (Phi) is 11.2. The number of hydrogen-bond acceptors (Lipinski definition) is 6. The molecule has 252 valence electrons. The van der Waals surface area contributed by atoms with Crippen molar-refractivity contribution in [2.24, 2.45) is 0 Å². The van der Waals surface area contributed by atoms with Gasteiger partial charge >= 0.3 is 6.09 Å². The van der Waals surface area contributed by atoms with Crippen molar-refractivity contribution in [3.05, 3.63) is 156 Å². The van der Waals surface area contributed by atoms with E-state index in [-0.39, 0.29) is 31.5 Å². The first-order valence-corrected chi connectivity index (χ1v) is 16.8. The number of benzene rings is 5. The first kappa shape index (κ1) is 34.1. The lowest BCUT2D eigenvalue weighted by Gasteiger charge is -2.39. The summed E-state index contributed by atoms with van der Waals surface area (Å²) in [5.74, 6) is 0.